The van der Waals surface area contributed by atoms with E-state index in [0.29, 0.717) is 21.9 Å². The monoisotopic (exact) mass is 1510 g/mol. The van der Waals surface area contributed by atoms with Gasteiger partial charge >= 0.3 is 0 Å². The Bertz CT molecular complexity index is 7870. The van der Waals surface area contributed by atoms with Crippen molar-refractivity contribution in [3.63, 3.8) is 0 Å². The summed E-state index contributed by atoms with van der Waals surface area (Å²) in [5, 5.41) is 17.9. The second-order valence-corrected chi connectivity index (χ2v) is 31.3. The zero-order chi connectivity index (χ0) is 89.7. The Hall–Kier alpha value is -13.3. The van der Waals surface area contributed by atoms with Crippen LogP contribution in [-0.2, 0) is 56.4 Å². The Morgan fingerprint density at radius 2 is 0.617 bits per heavy atom. The van der Waals surface area contributed by atoms with E-state index < -0.39 is 27.4 Å². The summed E-state index contributed by atoms with van der Waals surface area (Å²) in [6.45, 7) is 1.34. The van der Waals surface area contributed by atoms with Crippen molar-refractivity contribution in [3.05, 3.63) is 336 Å². The van der Waals surface area contributed by atoms with Crippen LogP contribution >= 0.6 is 0 Å². The number of hydrogen-bond donors (Lipinski definition) is 0. The van der Waals surface area contributed by atoms with Gasteiger partial charge in [-0.1, -0.05) is 211 Å². The maximum absolute atomic E-state index is 8.31. The molecular weight excluding hydrogens is 1400 g/mol. The Kier molecular flexibility index (Phi) is 15.1. The zero-order valence-electron chi connectivity index (χ0n) is 79.2. The molecule has 0 spiro atoms. The molecule has 0 atom stereocenters. The molecule has 0 aliphatic carbocycles. The molecule has 0 saturated heterocycles. The fourth-order valence-corrected chi connectivity index (χ4v) is 18.6. The molecule has 0 fully saturated rings. The molecule has 13 aromatic carbocycles. The second kappa shape index (κ2) is 28.7. The molecule has 562 valence electrons. The van der Waals surface area contributed by atoms with Crippen molar-refractivity contribution in [3.8, 4) is 56.2 Å². The van der Waals surface area contributed by atoms with Gasteiger partial charge in [-0.15, -0.1) is 0 Å². The molecule has 115 heavy (non-hydrogen) atoms. The zero-order valence-corrected chi connectivity index (χ0v) is 67.2. The summed E-state index contributed by atoms with van der Waals surface area (Å²) in [5.41, 5.74) is 26.4. The van der Waals surface area contributed by atoms with Crippen LogP contribution in [0, 0.1) is 62.0 Å². The quantitative estimate of drug-likeness (QED) is 0.154. The van der Waals surface area contributed by atoms with E-state index in [1.807, 2.05) is 124 Å². The van der Waals surface area contributed by atoms with Crippen molar-refractivity contribution in [1.29, 1.82) is 0 Å². The lowest BCUT2D eigenvalue weighted by atomic mass is 9.98. The number of pyridine rings is 4. The van der Waals surface area contributed by atoms with Gasteiger partial charge in [0.15, 0.2) is 24.8 Å². The lowest BCUT2D eigenvalue weighted by molar-refractivity contribution is -0.659. The van der Waals surface area contributed by atoms with Gasteiger partial charge < -0.3 is 18.3 Å². The van der Waals surface area contributed by atoms with Crippen LogP contribution < -0.4 is 18.3 Å². The van der Waals surface area contributed by atoms with E-state index in [1.54, 1.807) is 36.7 Å². The molecule has 21 rings (SSSR count). The van der Waals surface area contributed by atoms with Crippen molar-refractivity contribution in [1.82, 2.24) is 18.3 Å². The summed E-state index contributed by atoms with van der Waals surface area (Å²) in [4.78, 5) is 0. The summed E-state index contributed by atoms with van der Waals surface area (Å²) >= 11 is 0. The maximum atomic E-state index is 8.31. The summed E-state index contributed by atoms with van der Waals surface area (Å²) in [5.74, 6) is 0. The van der Waals surface area contributed by atoms with Crippen LogP contribution in [0.5, 0.6) is 0 Å². The number of fused-ring (bicyclic) bond motifs is 20. The third-order valence-electron chi connectivity index (χ3n) is 24.1. The van der Waals surface area contributed by atoms with Crippen molar-refractivity contribution in [2.75, 3.05) is 0 Å². The molecule has 8 nitrogen and oxygen atoms in total. The predicted molar refractivity (Wildman–Crippen MR) is 486 cm³/mol. The average molecular weight is 1510 g/mol. The minimum atomic E-state index is -2.31. The van der Waals surface area contributed by atoms with Gasteiger partial charge in [0.05, 0.1) is 22.3 Å². The normalized spacial score (nSPS) is 13.7. The molecule has 0 saturated carbocycles. The summed E-state index contributed by atoms with van der Waals surface area (Å²) in [6, 6.07) is 89.6. The largest absolute Gasteiger partial charge is 0.338 e. The molecule has 0 bridgehead atoms. The van der Waals surface area contributed by atoms with Gasteiger partial charge in [-0.3, -0.25) is 0 Å². The first kappa shape index (κ1) is 60.4. The highest BCUT2D eigenvalue weighted by atomic mass is 15.0. The molecule has 0 aliphatic heterocycles. The van der Waals surface area contributed by atoms with Crippen molar-refractivity contribution < 1.29 is 34.7 Å². The third-order valence-corrected chi connectivity index (χ3v) is 24.1. The maximum Gasteiger partial charge on any atom is 0.237 e. The average Bonchev–Trinajstić information content (AvgIpc) is 1.55. The number of rotatable bonds is 5. The smallest absolute Gasteiger partial charge is 0.237 e. The minimum Gasteiger partial charge on any atom is -0.338 e. The van der Waals surface area contributed by atoms with Gasteiger partial charge in [0, 0.05) is 133 Å². The molecule has 0 radical (unpaired) electrons. The van der Waals surface area contributed by atoms with Crippen molar-refractivity contribution in [2.45, 2.75) is 62.0 Å². The summed E-state index contributed by atoms with van der Waals surface area (Å²) < 4.78 is 113. The number of aromatic nitrogens is 8. The molecule has 21 aromatic rings. The Morgan fingerprint density at radius 3 is 1.07 bits per heavy atom. The molecule has 0 aliphatic rings. The standard InChI is InChI=1S/C30H25N2.2C26H25N2.C25H23N2/c1-20-9-7-8-12-24(20)29-30-26(17-18-31(29)2)28-25-15-13-22(21-10-5-4-6-11-21)19-23(25)14-16-27(28)32(30)3;2*1-16-10-12-20(17(2)14-16)25-26-23(18(3)15-27(25)4)24-21-9-7-6-8-19(21)11-13-22(24)28(26)5;1-16-9-11-20-18(15-16)10-12-22-23(20)21-13-14-26(3)24(25(21)27(22)4)19-8-6-5-7-17(19)2/h4-19H,1-3H3;2*6-15H,1-5H3;5-15H,1-4H3/q4*+1/i;2*1D3,3D3;. The van der Waals surface area contributed by atoms with E-state index in [0.717, 1.165) is 88.0 Å². The fraction of sp³-hybridized carbons (Fsp3) is 0.159. The fourth-order valence-electron chi connectivity index (χ4n) is 18.6. The molecule has 8 aromatic heterocycles. The number of nitrogens with zero attached hydrogens (tertiary/aromatic N) is 8. The van der Waals surface area contributed by atoms with Crippen LogP contribution in [0.15, 0.2) is 286 Å². The molecule has 8 heterocycles. The Morgan fingerprint density at radius 1 is 0.243 bits per heavy atom. The SMILES string of the molecule is Cc1ccc2c(ccc3c2c2cc[n+](C)c(-c4ccccc4C)c2n3C)c1.Cc1ccccc1-c1c2c(cc[n+]1C)c1c3ccc(-c4ccccc4)cc3ccc1n2C.[2H]C([2H])([2H])c1ccc(-c2c3c(c(C([2H])([2H])[2H])c[n+]2C)c2c4ccccc4ccc2n3C)c(C)c1.[2H]C([2H])([2H])c1ccc(-c2c3c(c(C([2H])([2H])[2H])c[n+]2C)c2c4ccccc4ccc2n3C)c(C)c1. The topological polar surface area (TPSA) is 35.2 Å². The first-order valence-corrected chi connectivity index (χ1v) is 39.2. The van der Waals surface area contributed by atoms with Gasteiger partial charge in [0.25, 0.3) is 0 Å². The van der Waals surface area contributed by atoms with E-state index in [-0.39, 0.29) is 11.1 Å². The van der Waals surface area contributed by atoms with Gasteiger partial charge in [-0.2, -0.15) is 18.3 Å². The van der Waals surface area contributed by atoms with Gasteiger partial charge in [0.1, 0.15) is 50.3 Å². The molecular formula is C107H98N8+4. The van der Waals surface area contributed by atoms with Crippen LogP contribution in [0.3, 0.4) is 0 Å². The van der Waals surface area contributed by atoms with Gasteiger partial charge in [-0.25, -0.2) is 0 Å². The summed E-state index contributed by atoms with van der Waals surface area (Å²) in [7, 11) is 16.3. The Balaban J connectivity index is 0.000000115. The van der Waals surface area contributed by atoms with Crippen molar-refractivity contribution >= 4 is 130 Å². The summed E-state index contributed by atoms with van der Waals surface area (Å²) in [6.07, 6.45) is 7.78. The molecule has 8 heteroatoms. The lowest BCUT2D eigenvalue weighted by Gasteiger charge is -2.10. The minimum absolute atomic E-state index is 0.287. The highest BCUT2D eigenvalue weighted by molar-refractivity contribution is 6.26. The van der Waals surface area contributed by atoms with Gasteiger partial charge in [-0.05, 0) is 193 Å². The predicted octanol–water partition coefficient (Wildman–Crippen LogP) is 24.3. The van der Waals surface area contributed by atoms with Crippen LogP contribution in [0.4, 0.5) is 0 Å². The molecule has 0 unspecified atom stereocenters. The van der Waals surface area contributed by atoms with E-state index in [9.17, 15) is 0 Å². The molecule has 0 amide bonds. The second-order valence-electron chi connectivity index (χ2n) is 31.3. The highest BCUT2D eigenvalue weighted by Gasteiger charge is 2.30. The lowest BCUT2D eigenvalue weighted by Crippen LogP contribution is -2.32. The van der Waals surface area contributed by atoms with Crippen LogP contribution in [0.2, 0.25) is 0 Å². The highest BCUT2D eigenvalue weighted by Crippen LogP contribution is 2.45. The van der Waals surface area contributed by atoms with Crippen LogP contribution in [-0.4, -0.2) is 18.3 Å². The van der Waals surface area contributed by atoms with Gasteiger partial charge in [0.2, 0.25) is 22.8 Å². The third kappa shape index (κ3) is 12.1. The van der Waals surface area contributed by atoms with Crippen molar-refractivity contribution in [2.24, 2.45) is 56.4 Å². The molecule has 0 N–H and O–H groups in total. The van der Waals surface area contributed by atoms with Crippen LogP contribution in [0.25, 0.3) is 186 Å². The van der Waals surface area contributed by atoms with Crippen LogP contribution in [0.1, 0.15) is 66.5 Å². The number of aryl methyl sites for hydroxylation is 17. The number of benzene rings is 13. The van der Waals surface area contributed by atoms with E-state index in [2.05, 4.69) is 253 Å². The first-order valence-electron chi connectivity index (χ1n) is 45.2. The van der Waals surface area contributed by atoms with E-state index in [1.165, 1.54) is 115 Å². The van der Waals surface area contributed by atoms with E-state index in [4.69, 9.17) is 16.4 Å². The van der Waals surface area contributed by atoms with E-state index >= 15 is 0 Å². The number of hydrogen-bond acceptors (Lipinski definition) is 0. The first-order chi connectivity index (χ1) is 60.5. The Labute approximate surface area is 690 Å².